The second-order valence-electron chi connectivity index (χ2n) is 5.78. The highest BCUT2D eigenvalue weighted by Gasteiger charge is 2.25. The maximum atomic E-state index is 12.4. The Hall–Kier alpha value is -3.33. The molecule has 2 aromatic rings. The Morgan fingerprint density at radius 2 is 1.86 bits per heavy atom. The van der Waals surface area contributed by atoms with Gasteiger partial charge in [0.25, 0.3) is 5.91 Å². The predicted molar refractivity (Wildman–Crippen MR) is 111 cm³/mol. The summed E-state index contributed by atoms with van der Waals surface area (Å²) in [6.07, 6.45) is 2.88. The molecule has 0 aliphatic carbocycles. The highest BCUT2D eigenvalue weighted by molar-refractivity contribution is 7.18. The van der Waals surface area contributed by atoms with Gasteiger partial charge < -0.3 is 25.3 Å². The van der Waals surface area contributed by atoms with Gasteiger partial charge in [-0.2, -0.15) is 0 Å². The van der Waals surface area contributed by atoms with Crippen LogP contribution in [0.1, 0.15) is 38.1 Å². The molecule has 0 aliphatic heterocycles. The fourth-order valence-electron chi connectivity index (χ4n) is 2.57. The van der Waals surface area contributed by atoms with Crippen molar-refractivity contribution < 1.29 is 28.6 Å². The highest BCUT2D eigenvalue weighted by Crippen LogP contribution is 2.33. The summed E-state index contributed by atoms with van der Waals surface area (Å²) in [6.45, 7) is 3.41. The van der Waals surface area contributed by atoms with Crippen LogP contribution in [0.15, 0.2) is 24.3 Å². The maximum absolute atomic E-state index is 12.4. The molecule has 0 bridgehead atoms. The molecule has 9 heteroatoms. The van der Waals surface area contributed by atoms with Gasteiger partial charge in [0, 0.05) is 6.08 Å². The molecule has 2 amide bonds. The van der Waals surface area contributed by atoms with Gasteiger partial charge in [0.1, 0.15) is 5.00 Å². The average molecular weight is 418 g/mol. The smallest absolute Gasteiger partial charge is 0.341 e. The van der Waals surface area contributed by atoms with Crippen LogP contribution in [0.25, 0.3) is 6.08 Å². The molecule has 2 rings (SSSR count). The van der Waals surface area contributed by atoms with E-state index in [2.05, 4.69) is 5.32 Å². The predicted octanol–water partition coefficient (Wildman–Crippen LogP) is 3.00. The van der Waals surface area contributed by atoms with Crippen LogP contribution in [-0.2, 0) is 9.53 Å². The molecule has 8 nitrogen and oxygen atoms in total. The number of benzene rings is 1. The van der Waals surface area contributed by atoms with Crippen molar-refractivity contribution in [2.24, 2.45) is 5.73 Å². The standard InChI is InChI=1S/C20H22N2O6S/c1-5-28-20(25)16-11(2)17(18(21)24)29-19(16)22-15(23)9-7-12-6-8-13(26-3)14(10-12)27-4/h6-10H,5H2,1-4H3,(H2,21,24)(H,22,23)/b9-7+. The molecule has 1 heterocycles. The van der Waals surface area contributed by atoms with E-state index in [-0.39, 0.29) is 22.0 Å². The molecule has 3 N–H and O–H groups in total. The Balaban J connectivity index is 2.26. The van der Waals surface area contributed by atoms with Crippen LogP contribution in [-0.4, -0.2) is 38.6 Å². The van der Waals surface area contributed by atoms with Crippen molar-refractivity contribution in [3.63, 3.8) is 0 Å². The Bertz CT molecular complexity index is 964. The SMILES string of the molecule is CCOC(=O)c1c(NC(=O)/C=C/c2ccc(OC)c(OC)c2)sc(C(N)=O)c1C. The zero-order valence-electron chi connectivity index (χ0n) is 16.5. The van der Waals surface area contributed by atoms with Crippen molar-refractivity contribution in [1.29, 1.82) is 0 Å². The second kappa shape index (κ2) is 9.74. The number of nitrogens with one attached hydrogen (secondary N) is 1. The van der Waals surface area contributed by atoms with Crippen LogP contribution >= 0.6 is 11.3 Å². The first-order valence-electron chi connectivity index (χ1n) is 8.63. The number of methoxy groups -OCH3 is 2. The van der Waals surface area contributed by atoms with E-state index in [9.17, 15) is 14.4 Å². The highest BCUT2D eigenvalue weighted by atomic mass is 32.1. The Kier molecular flexibility index (Phi) is 7.38. The minimum absolute atomic E-state index is 0.124. The van der Waals surface area contributed by atoms with Crippen molar-refractivity contribution in [3.05, 3.63) is 45.8 Å². The molecule has 1 aromatic carbocycles. The lowest BCUT2D eigenvalue weighted by Gasteiger charge is -2.07. The van der Waals surface area contributed by atoms with Crippen LogP contribution in [0.5, 0.6) is 11.5 Å². The van der Waals surface area contributed by atoms with E-state index >= 15 is 0 Å². The second-order valence-corrected chi connectivity index (χ2v) is 6.80. The molecule has 154 valence electrons. The fraction of sp³-hybridized carbons (Fsp3) is 0.250. The quantitative estimate of drug-likeness (QED) is 0.503. The Morgan fingerprint density at radius 3 is 2.45 bits per heavy atom. The summed E-state index contributed by atoms with van der Waals surface area (Å²) in [4.78, 5) is 36.4. The summed E-state index contributed by atoms with van der Waals surface area (Å²) < 4.78 is 15.4. The summed E-state index contributed by atoms with van der Waals surface area (Å²) in [5.74, 6) is -0.698. The lowest BCUT2D eigenvalue weighted by atomic mass is 10.1. The molecule has 0 aliphatic rings. The lowest BCUT2D eigenvalue weighted by Crippen LogP contribution is -2.13. The van der Waals surface area contributed by atoms with E-state index in [0.717, 1.165) is 11.3 Å². The van der Waals surface area contributed by atoms with Gasteiger partial charge in [-0.15, -0.1) is 11.3 Å². The van der Waals surface area contributed by atoms with Gasteiger partial charge >= 0.3 is 5.97 Å². The average Bonchev–Trinajstić information content (AvgIpc) is 3.02. The summed E-state index contributed by atoms with van der Waals surface area (Å²) in [5, 5.41) is 2.82. The molecule has 0 radical (unpaired) electrons. The molecule has 0 fully saturated rings. The van der Waals surface area contributed by atoms with Gasteiger partial charge in [-0.3, -0.25) is 9.59 Å². The zero-order chi connectivity index (χ0) is 21.6. The van der Waals surface area contributed by atoms with Gasteiger partial charge in [-0.25, -0.2) is 4.79 Å². The van der Waals surface area contributed by atoms with Crippen molar-refractivity contribution >= 4 is 40.2 Å². The molecule has 0 saturated carbocycles. The van der Waals surface area contributed by atoms with E-state index in [1.807, 2.05) is 0 Å². The normalized spacial score (nSPS) is 10.6. The monoisotopic (exact) mass is 418 g/mol. The summed E-state index contributed by atoms with van der Waals surface area (Å²) in [6, 6.07) is 5.19. The van der Waals surface area contributed by atoms with E-state index in [1.165, 1.54) is 20.3 Å². The van der Waals surface area contributed by atoms with Crippen LogP contribution in [0.4, 0.5) is 5.00 Å². The van der Waals surface area contributed by atoms with Crippen LogP contribution in [0.3, 0.4) is 0 Å². The van der Waals surface area contributed by atoms with Crippen LogP contribution in [0.2, 0.25) is 0 Å². The lowest BCUT2D eigenvalue weighted by molar-refractivity contribution is -0.111. The molecule has 29 heavy (non-hydrogen) atoms. The third-order valence-corrected chi connectivity index (χ3v) is 5.14. The Morgan fingerprint density at radius 1 is 1.17 bits per heavy atom. The number of nitrogens with two attached hydrogens (primary N) is 1. The number of esters is 1. The van der Waals surface area contributed by atoms with Gasteiger partial charge in [-0.1, -0.05) is 6.07 Å². The molecular formula is C20H22N2O6S. The van der Waals surface area contributed by atoms with Crippen LogP contribution in [0, 0.1) is 6.92 Å². The molecule has 0 unspecified atom stereocenters. The van der Waals surface area contributed by atoms with E-state index < -0.39 is 17.8 Å². The van der Waals surface area contributed by atoms with Gasteiger partial charge in [0.15, 0.2) is 11.5 Å². The zero-order valence-corrected chi connectivity index (χ0v) is 17.3. The molecule has 1 aromatic heterocycles. The molecular weight excluding hydrogens is 396 g/mol. The third-order valence-electron chi connectivity index (χ3n) is 3.92. The van der Waals surface area contributed by atoms with Gasteiger partial charge in [0.05, 0.1) is 31.3 Å². The molecule has 0 saturated heterocycles. The third kappa shape index (κ3) is 5.14. The van der Waals surface area contributed by atoms with E-state index in [0.29, 0.717) is 22.6 Å². The minimum Gasteiger partial charge on any atom is -0.493 e. The van der Waals surface area contributed by atoms with Crippen molar-refractivity contribution in [2.75, 3.05) is 26.1 Å². The summed E-state index contributed by atoms with van der Waals surface area (Å²) >= 11 is 0.932. The number of anilines is 1. The number of thiophene rings is 1. The number of rotatable bonds is 8. The largest absolute Gasteiger partial charge is 0.493 e. The molecule has 0 atom stereocenters. The number of carbonyl (C=O) groups is 3. The number of carbonyl (C=O) groups excluding carboxylic acids is 3. The number of hydrogen-bond donors (Lipinski definition) is 2. The Labute approximate surface area is 172 Å². The summed E-state index contributed by atoms with van der Waals surface area (Å²) in [7, 11) is 3.05. The van der Waals surface area contributed by atoms with Crippen LogP contribution < -0.4 is 20.5 Å². The number of amides is 2. The van der Waals surface area contributed by atoms with Gasteiger partial charge in [0.2, 0.25) is 5.91 Å². The summed E-state index contributed by atoms with van der Waals surface area (Å²) in [5.41, 5.74) is 6.57. The fourth-order valence-corrected chi connectivity index (χ4v) is 3.62. The van der Waals surface area contributed by atoms with Crippen molar-refractivity contribution in [1.82, 2.24) is 0 Å². The van der Waals surface area contributed by atoms with E-state index in [4.69, 9.17) is 19.9 Å². The minimum atomic E-state index is -0.681. The first-order chi connectivity index (χ1) is 13.8. The number of hydrogen-bond acceptors (Lipinski definition) is 7. The first kappa shape index (κ1) is 22.0. The van der Waals surface area contributed by atoms with Crippen molar-refractivity contribution in [3.8, 4) is 11.5 Å². The van der Waals surface area contributed by atoms with Crippen molar-refractivity contribution in [2.45, 2.75) is 13.8 Å². The number of primary amides is 1. The molecule has 0 spiro atoms. The van der Waals surface area contributed by atoms with Gasteiger partial charge in [-0.05, 0) is 43.2 Å². The van der Waals surface area contributed by atoms with E-state index in [1.54, 1.807) is 38.1 Å². The number of ether oxygens (including phenoxy) is 3. The maximum Gasteiger partial charge on any atom is 0.341 e. The first-order valence-corrected chi connectivity index (χ1v) is 9.45. The topological polar surface area (TPSA) is 117 Å².